The van der Waals surface area contributed by atoms with Crippen LogP contribution in [0.15, 0.2) is 0 Å². The topological polar surface area (TPSA) is 72.8 Å². The lowest BCUT2D eigenvalue weighted by Gasteiger charge is -2.07. The number of aliphatic hydroxyl groups is 1. The second kappa shape index (κ2) is 5.67. The van der Waals surface area contributed by atoms with Crippen LogP contribution in [0.3, 0.4) is 0 Å². The maximum Gasteiger partial charge on any atom is 0.422 e. The zero-order valence-corrected chi connectivity index (χ0v) is 6.07. The zero-order valence-electron chi connectivity index (χ0n) is 6.07. The number of ether oxygens (including phenoxy) is 2. The molecule has 0 aliphatic heterocycles. The summed E-state index contributed by atoms with van der Waals surface area (Å²) >= 11 is 0. The van der Waals surface area contributed by atoms with Crippen molar-refractivity contribution >= 4 is 12.4 Å². The number of rotatable bonds is 5. The Kier molecular flexibility index (Phi) is 5.10. The monoisotopic (exact) mass is 161 g/mol. The third-order valence-corrected chi connectivity index (χ3v) is 0.835. The first-order chi connectivity index (χ1) is 5.20. The number of hydrogen-bond acceptors (Lipinski definition) is 5. The number of esters is 1. The Hall–Kier alpha value is -1.10. The molecule has 0 bridgehead atoms. The molecule has 0 aromatic rings. The molecule has 1 N–H and O–H groups in total. The van der Waals surface area contributed by atoms with Crippen LogP contribution in [0.5, 0.6) is 0 Å². The summed E-state index contributed by atoms with van der Waals surface area (Å²) in [4.78, 5) is 20.0. The molecule has 0 saturated carbocycles. The Morgan fingerprint density at radius 2 is 2.36 bits per heavy atom. The zero-order chi connectivity index (χ0) is 8.69. The van der Waals surface area contributed by atoms with Crippen molar-refractivity contribution in [3.05, 3.63) is 0 Å². The van der Waals surface area contributed by atoms with E-state index in [9.17, 15) is 9.59 Å². The maximum atomic E-state index is 10.5. The number of carbonyl (C=O) groups is 1. The summed E-state index contributed by atoms with van der Waals surface area (Å²) in [6.07, 6.45) is 0.787. The molecule has 0 aromatic heterocycles. The molecule has 0 amide bonds. The molecular weight excluding hydrogens is 152 g/mol. The van der Waals surface area contributed by atoms with E-state index < -0.39 is 12.4 Å². The van der Waals surface area contributed by atoms with Crippen molar-refractivity contribution in [1.82, 2.24) is 0 Å². The van der Waals surface area contributed by atoms with Gasteiger partial charge in [0.05, 0.1) is 0 Å². The van der Waals surface area contributed by atoms with Gasteiger partial charge in [0.1, 0.15) is 0 Å². The SMILES string of the molecule is CCCC(=O)OC(O)O[C]=O. The molecule has 0 saturated heterocycles. The van der Waals surface area contributed by atoms with Gasteiger partial charge in [0.15, 0.2) is 0 Å². The van der Waals surface area contributed by atoms with Gasteiger partial charge in [-0.05, 0) is 6.42 Å². The van der Waals surface area contributed by atoms with Crippen LogP contribution >= 0.6 is 0 Å². The molecule has 0 rings (SSSR count). The first kappa shape index (κ1) is 9.90. The van der Waals surface area contributed by atoms with Crippen molar-refractivity contribution < 1.29 is 24.2 Å². The van der Waals surface area contributed by atoms with E-state index in [4.69, 9.17) is 5.11 Å². The summed E-state index contributed by atoms with van der Waals surface area (Å²) in [5, 5.41) is 8.52. The van der Waals surface area contributed by atoms with Gasteiger partial charge in [0.2, 0.25) is 0 Å². The molecule has 0 spiro atoms. The van der Waals surface area contributed by atoms with E-state index >= 15 is 0 Å². The number of carbonyl (C=O) groups excluding carboxylic acids is 2. The molecule has 0 aliphatic rings. The Bertz CT molecular complexity index is 133. The highest BCUT2D eigenvalue weighted by Gasteiger charge is 2.09. The molecule has 0 fully saturated rings. The average molecular weight is 161 g/mol. The number of aliphatic hydroxyl groups excluding tert-OH is 1. The summed E-state index contributed by atoms with van der Waals surface area (Å²) in [6, 6.07) is 0. The van der Waals surface area contributed by atoms with Crippen molar-refractivity contribution in [2.24, 2.45) is 0 Å². The van der Waals surface area contributed by atoms with E-state index in [1.807, 2.05) is 0 Å². The Balaban J connectivity index is 3.48. The van der Waals surface area contributed by atoms with Gasteiger partial charge < -0.3 is 14.6 Å². The summed E-state index contributed by atoms with van der Waals surface area (Å²) in [5.74, 6) is -0.616. The van der Waals surface area contributed by atoms with Gasteiger partial charge >= 0.3 is 18.9 Å². The molecule has 1 atom stereocenters. The summed E-state index contributed by atoms with van der Waals surface area (Å²) < 4.78 is 7.93. The molecule has 1 unspecified atom stereocenters. The maximum absolute atomic E-state index is 10.5. The lowest BCUT2D eigenvalue weighted by atomic mass is 10.3. The molecule has 1 radical (unpaired) electrons. The van der Waals surface area contributed by atoms with Crippen molar-refractivity contribution in [3.8, 4) is 0 Å². The Labute approximate surface area is 63.9 Å². The van der Waals surface area contributed by atoms with E-state index in [0.717, 1.165) is 6.47 Å². The van der Waals surface area contributed by atoms with Crippen molar-refractivity contribution in [2.75, 3.05) is 0 Å². The third kappa shape index (κ3) is 5.35. The van der Waals surface area contributed by atoms with Crippen LogP contribution < -0.4 is 0 Å². The molecule has 11 heavy (non-hydrogen) atoms. The fourth-order valence-corrected chi connectivity index (χ4v) is 0.441. The van der Waals surface area contributed by atoms with Gasteiger partial charge in [-0.25, -0.2) is 4.79 Å². The standard InChI is InChI=1S/C6H9O5/c1-2-3-5(8)11-6(9)10-4-7/h6,9H,2-3H2,1H3. The van der Waals surface area contributed by atoms with Gasteiger partial charge in [-0.15, -0.1) is 0 Å². The fraction of sp³-hybridized carbons (Fsp3) is 0.667. The van der Waals surface area contributed by atoms with Crippen LogP contribution in [0, 0.1) is 0 Å². The highest BCUT2D eigenvalue weighted by molar-refractivity contribution is 5.69. The van der Waals surface area contributed by atoms with Gasteiger partial charge in [-0.1, -0.05) is 6.92 Å². The van der Waals surface area contributed by atoms with Crippen LogP contribution in [-0.4, -0.2) is 24.0 Å². The summed E-state index contributed by atoms with van der Waals surface area (Å²) in [5.41, 5.74) is 0. The van der Waals surface area contributed by atoms with Crippen LogP contribution in [0.2, 0.25) is 0 Å². The number of hydrogen-bond donors (Lipinski definition) is 1. The first-order valence-electron chi connectivity index (χ1n) is 3.11. The molecule has 0 aliphatic carbocycles. The fourth-order valence-electron chi connectivity index (χ4n) is 0.441. The Morgan fingerprint density at radius 3 is 2.82 bits per heavy atom. The minimum atomic E-state index is -1.83. The van der Waals surface area contributed by atoms with E-state index in [2.05, 4.69) is 9.47 Å². The van der Waals surface area contributed by atoms with E-state index in [-0.39, 0.29) is 6.42 Å². The molecule has 0 heterocycles. The van der Waals surface area contributed by atoms with Gasteiger partial charge in [-0.2, -0.15) is 0 Å². The van der Waals surface area contributed by atoms with Crippen LogP contribution in [-0.2, 0) is 19.1 Å². The molecular formula is C6H9O5. The van der Waals surface area contributed by atoms with E-state index in [1.54, 1.807) is 6.92 Å². The first-order valence-corrected chi connectivity index (χ1v) is 3.11. The normalized spacial score (nSPS) is 11.8. The van der Waals surface area contributed by atoms with Gasteiger partial charge in [-0.3, -0.25) is 4.79 Å². The minimum absolute atomic E-state index is 0.180. The third-order valence-electron chi connectivity index (χ3n) is 0.835. The Morgan fingerprint density at radius 1 is 1.73 bits per heavy atom. The minimum Gasteiger partial charge on any atom is -0.400 e. The summed E-state index contributed by atoms with van der Waals surface area (Å²) in [6.45, 7) is 0.889. The average Bonchev–Trinajstić information content (AvgIpc) is 1.87. The van der Waals surface area contributed by atoms with E-state index in [1.165, 1.54) is 0 Å². The van der Waals surface area contributed by atoms with Crippen LogP contribution in [0.4, 0.5) is 0 Å². The lowest BCUT2D eigenvalue weighted by Crippen LogP contribution is -2.19. The van der Waals surface area contributed by atoms with Crippen LogP contribution in [0.25, 0.3) is 0 Å². The van der Waals surface area contributed by atoms with Gasteiger partial charge in [0.25, 0.3) is 0 Å². The second-order valence-electron chi connectivity index (χ2n) is 1.75. The van der Waals surface area contributed by atoms with Crippen molar-refractivity contribution in [1.29, 1.82) is 0 Å². The molecule has 0 aromatic carbocycles. The van der Waals surface area contributed by atoms with Crippen molar-refractivity contribution in [2.45, 2.75) is 26.2 Å². The quantitative estimate of drug-likeness (QED) is 0.442. The van der Waals surface area contributed by atoms with Crippen LogP contribution in [0.1, 0.15) is 19.8 Å². The molecule has 63 valence electrons. The lowest BCUT2D eigenvalue weighted by molar-refractivity contribution is -0.222. The molecule has 5 heteroatoms. The van der Waals surface area contributed by atoms with Crippen molar-refractivity contribution in [3.63, 3.8) is 0 Å². The summed E-state index contributed by atoms with van der Waals surface area (Å²) in [7, 11) is 0. The highest BCUT2D eigenvalue weighted by Crippen LogP contribution is 1.94. The smallest absolute Gasteiger partial charge is 0.400 e. The largest absolute Gasteiger partial charge is 0.422 e. The highest BCUT2D eigenvalue weighted by atomic mass is 16.8. The van der Waals surface area contributed by atoms with E-state index in [0.29, 0.717) is 6.42 Å². The predicted molar refractivity (Wildman–Crippen MR) is 33.8 cm³/mol. The molecule has 5 nitrogen and oxygen atoms in total. The predicted octanol–water partition coefficient (Wildman–Crippen LogP) is -0.311. The second-order valence-corrected chi connectivity index (χ2v) is 1.75. The van der Waals surface area contributed by atoms with Gasteiger partial charge in [0, 0.05) is 6.42 Å².